The van der Waals surface area contributed by atoms with Gasteiger partial charge in [-0.2, -0.15) is 0 Å². The number of piperidine rings is 1. The summed E-state index contributed by atoms with van der Waals surface area (Å²) in [6, 6.07) is 3.76. The van der Waals surface area contributed by atoms with Crippen molar-refractivity contribution in [2.24, 2.45) is 0 Å². The molecule has 112 valence electrons. The molecule has 1 fully saturated rings. The number of likely N-dealkylation sites (tertiary alicyclic amines) is 1. The van der Waals surface area contributed by atoms with E-state index in [0.717, 1.165) is 37.3 Å². The number of aromatic amines is 1. The van der Waals surface area contributed by atoms with Crippen molar-refractivity contribution in [3.05, 3.63) is 41.9 Å². The maximum absolute atomic E-state index is 12.3. The molecule has 0 bridgehead atoms. The zero-order valence-corrected chi connectivity index (χ0v) is 12.1. The molecule has 1 aliphatic heterocycles. The maximum Gasteiger partial charge on any atom is 0.289 e. The van der Waals surface area contributed by atoms with Gasteiger partial charge in [-0.15, -0.1) is 0 Å². The zero-order chi connectivity index (χ0) is 14.7. The molecule has 0 saturated carbocycles. The highest BCUT2D eigenvalue weighted by Crippen LogP contribution is 2.15. The molecule has 0 spiro atoms. The molecule has 2 aromatic rings. The number of furan rings is 1. The summed E-state index contributed by atoms with van der Waals surface area (Å²) in [5, 5.41) is 3.49. The van der Waals surface area contributed by atoms with Gasteiger partial charge in [0.2, 0.25) is 0 Å². The predicted molar refractivity (Wildman–Crippen MR) is 77.8 cm³/mol. The van der Waals surface area contributed by atoms with Gasteiger partial charge in [-0.1, -0.05) is 0 Å². The standard InChI is InChI=1S/C15H20N4O2/c1-11-13(18-10-17-11)8-16-12-4-2-6-19(9-12)15(20)14-5-3-7-21-14/h3,5,7,10,12,16H,2,4,6,8-9H2,1H3,(H,17,18). The lowest BCUT2D eigenvalue weighted by atomic mass is 10.1. The molecule has 0 aliphatic carbocycles. The Morgan fingerprint density at radius 1 is 1.62 bits per heavy atom. The van der Waals surface area contributed by atoms with E-state index in [2.05, 4.69) is 15.3 Å². The summed E-state index contributed by atoms with van der Waals surface area (Å²) in [6.45, 7) is 4.24. The molecule has 2 N–H and O–H groups in total. The SMILES string of the molecule is Cc1[nH]cnc1CNC1CCCN(C(=O)c2ccco2)C1. The summed E-state index contributed by atoms with van der Waals surface area (Å²) in [6.07, 6.45) is 5.32. The number of imidazole rings is 1. The fourth-order valence-corrected chi connectivity index (χ4v) is 2.69. The van der Waals surface area contributed by atoms with Gasteiger partial charge in [0.15, 0.2) is 5.76 Å². The predicted octanol–water partition coefficient (Wildman–Crippen LogP) is 1.71. The molecule has 0 radical (unpaired) electrons. The fraction of sp³-hybridized carbons (Fsp3) is 0.467. The first kappa shape index (κ1) is 13.9. The normalized spacial score (nSPS) is 18.9. The van der Waals surface area contributed by atoms with Gasteiger partial charge < -0.3 is 19.6 Å². The number of rotatable bonds is 4. The first-order chi connectivity index (χ1) is 10.2. The molecule has 3 rings (SSSR count). The summed E-state index contributed by atoms with van der Waals surface area (Å²) in [4.78, 5) is 21.5. The van der Waals surface area contributed by atoms with E-state index in [4.69, 9.17) is 4.42 Å². The van der Waals surface area contributed by atoms with Crippen molar-refractivity contribution >= 4 is 5.91 Å². The summed E-state index contributed by atoms with van der Waals surface area (Å²) in [5.41, 5.74) is 2.12. The average molecular weight is 288 g/mol. The Bertz CT molecular complexity index is 591. The van der Waals surface area contributed by atoms with E-state index >= 15 is 0 Å². The van der Waals surface area contributed by atoms with E-state index in [1.807, 2.05) is 11.8 Å². The molecule has 1 saturated heterocycles. The molecule has 3 heterocycles. The van der Waals surface area contributed by atoms with E-state index in [1.54, 1.807) is 18.5 Å². The van der Waals surface area contributed by atoms with Crippen LogP contribution in [0.15, 0.2) is 29.1 Å². The number of carbonyl (C=O) groups is 1. The van der Waals surface area contributed by atoms with Gasteiger partial charge in [-0.25, -0.2) is 4.98 Å². The zero-order valence-electron chi connectivity index (χ0n) is 12.1. The van der Waals surface area contributed by atoms with Crippen LogP contribution in [0.5, 0.6) is 0 Å². The second kappa shape index (κ2) is 6.13. The Labute approximate surface area is 123 Å². The summed E-state index contributed by atoms with van der Waals surface area (Å²) in [7, 11) is 0. The number of carbonyl (C=O) groups excluding carboxylic acids is 1. The molecule has 1 amide bonds. The smallest absolute Gasteiger partial charge is 0.289 e. The van der Waals surface area contributed by atoms with Crippen LogP contribution in [0, 0.1) is 6.92 Å². The minimum atomic E-state index is -0.0255. The molecule has 2 aromatic heterocycles. The number of nitrogens with zero attached hydrogens (tertiary/aromatic N) is 2. The van der Waals surface area contributed by atoms with Crippen molar-refractivity contribution in [1.29, 1.82) is 0 Å². The second-order valence-electron chi connectivity index (χ2n) is 5.42. The highest BCUT2D eigenvalue weighted by atomic mass is 16.3. The molecular formula is C15H20N4O2. The lowest BCUT2D eigenvalue weighted by Gasteiger charge is -2.32. The number of nitrogens with one attached hydrogen (secondary N) is 2. The highest BCUT2D eigenvalue weighted by molar-refractivity contribution is 5.91. The largest absolute Gasteiger partial charge is 0.459 e. The average Bonchev–Trinajstić information content (AvgIpc) is 3.16. The third-order valence-electron chi connectivity index (χ3n) is 3.93. The van der Waals surface area contributed by atoms with Crippen LogP contribution in [0.2, 0.25) is 0 Å². The van der Waals surface area contributed by atoms with E-state index < -0.39 is 0 Å². The van der Waals surface area contributed by atoms with Crippen molar-refractivity contribution < 1.29 is 9.21 Å². The van der Waals surface area contributed by atoms with Crippen molar-refractivity contribution in [2.75, 3.05) is 13.1 Å². The minimum Gasteiger partial charge on any atom is -0.459 e. The van der Waals surface area contributed by atoms with Crippen LogP contribution in [0.3, 0.4) is 0 Å². The molecule has 6 nitrogen and oxygen atoms in total. The fourth-order valence-electron chi connectivity index (χ4n) is 2.69. The summed E-state index contributed by atoms with van der Waals surface area (Å²) >= 11 is 0. The van der Waals surface area contributed by atoms with Crippen molar-refractivity contribution in [3.63, 3.8) is 0 Å². The van der Waals surface area contributed by atoms with E-state index in [1.165, 1.54) is 6.26 Å². The van der Waals surface area contributed by atoms with Crippen LogP contribution >= 0.6 is 0 Å². The number of hydrogen-bond donors (Lipinski definition) is 2. The topological polar surface area (TPSA) is 74.2 Å². The first-order valence-corrected chi connectivity index (χ1v) is 7.29. The van der Waals surface area contributed by atoms with Crippen LogP contribution in [-0.2, 0) is 6.54 Å². The first-order valence-electron chi connectivity index (χ1n) is 7.29. The highest BCUT2D eigenvalue weighted by Gasteiger charge is 2.25. The lowest BCUT2D eigenvalue weighted by Crippen LogP contribution is -2.47. The quantitative estimate of drug-likeness (QED) is 0.898. The monoisotopic (exact) mass is 288 g/mol. The van der Waals surface area contributed by atoms with E-state index in [9.17, 15) is 4.79 Å². The molecule has 6 heteroatoms. The van der Waals surface area contributed by atoms with Crippen LogP contribution in [0.25, 0.3) is 0 Å². The molecule has 0 aromatic carbocycles. The van der Waals surface area contributed by atoms with Gasteiger partial charge in [-0.05, 0) is 31.9 Å². The van der Waals surface area contributed by atoms with Crippen LogP contribution in [0.1, 0.15) is 34.8 Å². The van der Waals surface area contributed by atoms with Crippen molar-refractivity contribution in [1.82, 2.24) is 20.2 Å². The van der Waals surface area contributed by atoms with Crippen LogP contribution in [-0.4, -0.2) is 39.9 Å². The Balaban J connectivity index is 1.56. The molecule has 1 aliphatic rings. The van der Waals surface area contributed by atoms with E-state index in [-0.39, 0.29) is 5.91 Å². The minimum absolute atomic E-state index is 0.0255. The van der Waals surface area contributed by atoms with Gasteiger partial charge in [0.05, 0.1) is 18.3 Å². The van der Waals surface area contributed by atoms with Gasteiger partial charge >= 0.3 is 0 Å². The molecule has 1 unspecified atom stereocenters. The number of hydrogen-bond acceptors (Lipinski definition) is 4. The van der Waals surface area contributed by atoms with Crippen molar-refractivity contribution in [2.45, 2.75) is 32.4 Å². The van der Waals surface area contributed by atoms with Gasteiger partial charge in [0, 0.05) is 31.4 Å². The summed E-state index contributed by atoms with van der Waals surface area (Å²) in [5.74, 6) is 0.390. The van der Waals surface area contributed by atoms with E-state index in [0.29, 0.717) is 18.3 Å². The second-order valence-corrected chi connectivity index (χ2v) is 5.42. The molecular weight excluding hydrogens is 268 g/mol. The number of amides is 1. The number of aromatic nitrogens is 2. The Morgan fingerprint density at radius 2 is 2.52 bits per heavy atom. The number of H-pyrrole nitrogens is 1. The van der Waals surface area contributed by atoms with Gasteiger partial charge in [0.1, 0.15) is 0 Å². The van der Waals surface area contributed by atoms with Crippen LogP contribution in [0.4, 0.5) is 0 Å². The van der Waals surface area contributed by atoms with Gasteiger partial charge in [0.25, 0.3) is 5.91 Å². The maximum atomic E-state index is 12.3. The summed E-state index contributed by atoms with van der Waals surface area (Å²) < 4.78 is 5.19. The third kappa shape index (κ3) is 3.16. The molecule has 21 heavy (non-hydrogen) atoms. The molecule has 1 atom stereocenters. The Morgan fingerprint density at radius 3 is 3.24 bits per heavy atom. The lowest BCUT2D eigenvalue weighted by molar-refractivity contribution is 0.0662. The van der Waals surface area contributed by atoms with Crippen LogP contribution < -0.4 is 5.32 Å². The van der Waals surface area contributed by atoms with Crippen molar-refractivity contribution in [3.8, 4) is 0 Å². The third-order valence-corrected chi connectivity index (χ3v) is 3.93. The van der Waals surface area contributed by atoms with Gasteiger partial charge in [-0.3, -0.25) is 4.79 Å². The Kier molecular flexibility index (Phi) is 4.06. The number of aryl methyl sites for hydroxylation is 1. The Hall–Kier alpha value is -2.08.